The summed E-state index contributed by atoms with van der Waals surface area (Å²) >= 11 is 0. The van der Waals surface area contributed by atoms with Crippen LogP contribution in [0.1, 0.15) is 20.8 Å². The molecule has 0 aliphatic rings. The molecule has 0 aromatic heterocycles. The van der Waals surface area contributed by atoms with Gasteiger partial charge in [-0.25, -0.2) is 25.3 Å². The van der Waals surface area contributed by atoms with E-state index in [2.05, 4.69) is 12.5 Å². The zero-order valence-corrected chi connectivity index (χ0v) is 16.7. The fourth-order valence-corrected chi connectivity index (χ4v) is 1.30. The summed E-state index contributed by atoms with van der Waals surface area (Å²) in [6, 6.07) is 0. The predicted octanol–water partition coefficient (Wildman–Crippen LogP) is -1.93. The molecule has 3 radical (unpaired) electrons. The van der Waals surface area contributed by atoms with Crippen LogP contribution >= 0.6 is 0 Å². The predicted molar refractivity (Wildman–Crippen MR) is 69.7 cm³/mol. The first kappa shape index (κ1) is 30.2. The molecule has 0 aliphatic carbocycles. The molecule has 0 bridgehead atoms. The van der Waals surface area contributed by atoms with Crippen molar-refractivity contribution in [3.05, 3.63) is 0 Å². The fraction of sp³-hybridized carbons (Fsp3) is 1.00. The molecule has 22 heavy (non-hydrogen) atoms. The Balaban J connectivity index is -0.000000108. The Bertz CT molecular complexity index is 455. The Hall–Kier alpha value is 0.246. The Kier molecular flexibility index (Phi) is 20.3. The van der Waals surface area contributed by atoms with Crippen LogP contribution in [-0.2, 0) is 43.7 Å². The summed E-state index contributed by atoms with van der Waals surface area (Å²) < 4.78 is 96.0. The molecule has 0 aromatic carbocycles. The van der Waals surface area contributed by atoms with E-state index in [-0.39, 0.29) is 39.6 Å². The van der Waals surface area contributed by atoms with Gasteiger partial charge in [0.1, 0.15) is 0 Å². The van der Waals surface area contributed by atoms with Crippen molar-refractivity contribution in [1.82, 2.24) is 0 Å². The molecule has 0 spiro atoms. The summed E-state index contributed by atoms with van der Waals surface area (Å²) in [5.74, 6) is 0. The Morgan fingerprint density at radius 2 is 0.727 bits per heavy atom. The van der Waals surface area contributed by atoms with Crippen LogP contribution in [0.5, 0.6) is 0 Å². The minimum absolute atomic E-state index is 0. The summed E-state index contributed by atoms with van der Waals surface area (Å²) in [6.07, 6.45) is 0. The summed E-state index contributed by atoms with van der Waals surface area (Å²) in [5.41, 5.74) is 0. The monoisotopic (exact) mass is 444 g/mol. The van der Waals surface area contributed by atoms with Crippen LogP contribution in [0.15, 0.2) is 0 Å². The van der Waals surface area contributed by atoms with E-state index in [1.165, 1.54) is 20.8 Å². The second-order valence-corrected chi connectivity index (χ2v) is 5.60. The number of hydrogen-bond donors (Lipinski definition) is 0. The Labute approximate surface area is 143 Å². The molecule has 0 atom stereocenters. The first-order valence-corrected chi connectivity index (χ1v) is 8.99. The van der Waals surface area contributed by atoms with Gasteiger partial charge < -0.3 is 13.7 Å². The van der Waals surface area contributed by atoms with Gasteiger partial charge in [0.25, 0.3) is 0 Å². The van der Waals surface area contributed by atoms with Gasteiger partial charge in [0, 0.05) is 19.8 Å². The standard InChI is InChI=1S/3C2H6O4S.Ga/c3*1-2-6-7(3,4)5;/h3*2H2,1H3,(H,3,4,5);/p-3. The van der Waals surface area contributed by atoms with Crippen LogP contribution in [0.3, 0.4) is 0 Å². The molecule has 0 unspecified atom stereocenters. The molecule has 135 valence electrons. The van der Waals surface area contributed by atoms with Gasteiger partial charge in [-0.15, -0.1) is 0 Å². The van der Waals surface area contributed by atoms with E-state index in [0.29, 0.717) is 0 Å². The third-order valence-electron chi connectivity index (χ3n) is 0.787. The average Bonchev–Trinajstić information content (AvgIpc) is 2.12. The molecule has 0 saturated carbocycles. The molecule has 0 N–H and O–H groups in total. The van der Waals surface area contributed by atoms with Crippen LogP contribution in [0.2, 0.25) is 0 Å². The molecule has 0 heterocycles. The minimum atomic E-state index is -4.42. The number of hydrogen-bond acceptors (Lipinski definition) is 12. The van der Waals surface area contributed by atoms with Crippen molar-refractivity contribution in [3.63, 3.8) is 0 Å². The number of rotatable bonds is 6. The van der Waals surface area contributed by atoms with E-state index in [1.54, 1.807) is 0 Å². The maximum absolute atomic E-state index is 9.45. The fourth-order valence-electron chi connectivity index (χ4n) is 0.433. The molecule has 12 nitrogen and oxygen atoms in total. The maximum atomic E-state index is 9.45. The van der Waals surface area contributed by atoms with Crippen molar-refractivity contribution in [3.8, 4) is 0 Å². The first-order chi connectivity index (χ1) is 9.18. The third kappa shape index (κ3) is 50.0. The Morgan fingerprint density at radius 1 is 0.591 bits per heavy atom. The quantitative estimate of drug-likeness (QED) is 0.249. The summed E-state index contributed by atoms with van der Waals surface area (Å²) in [5, 5.41) is 0. The molecule has 0 amide bonds. The van der Waals surface area contributed by atoms with Crippen molar-refractivity contribution in [2.75, 3.05) is 19.8 Å². The minimum Gasteiger partial charge on any atom is -0.726 e. The molecule has 0 aromatic rings. The average molecular weight is 445 g/mol. The van der Waals surface area contributed by atoms with Gasteiger partial charge >= 0.3 is 0 Å². The maximum Gasteiger partial charge on any atom is 0.217 e. The second-order valence-electron chi connectivity index (χ2n) is 2.44. The van der Waals surface area contributed by atoms with Gasteiger partial charge in [-0.05, 0) is 20.8 Å². The van der Waals surface area contributed by atoms with E-state index in [1.807, 2.05) is 0 Å². The largest absolute Gasteiger partial charge is 0.726 e. The zero-order valence-electron chi connectivity index (χ0n) is 11.8. The topological polar surface area (TPSA) is 199 Å². The molecular weight excluding hydrogens is 430 g/mol. The van der Waals surface area contributed by atoms with Crippen LogP contribution in [0.4, 0.5) is 0 Å². The zero-order chi connectivity index (χ0) is 17.7. The summed E-state index contributed by atoms with van der Waals surface area (Å²) in [6.45, 7) is 4.00. The van der Waals surface area contributed by atoms with Crippen LogP contribution in [0.25, 0.3) is 0 Å². The second kappa shape index (κ2) is 14.8. The van der Waals surface area contributed by atoms with E-state index in [9.17, 15) is 38.9 Å². The normalized spacial score (nSPS) is 11.2. The van der Waals surface area contributed by atoms with Gasteiger partial charge in [0.15, 0.2) is 0 Å². The summed E-state index contributed by atoms with van der Waals surface area (Å²) in [7, 11) is -13.3. The molecule has 0 aliphatic heterocycles. The SMILES string of the molecule is CCOS(=O)(=O)[O-].CCOS(=O)(=O)[O-].CCOS(=O)(=O)[O-].[Ga]. The molecule has 16 heteroatoms. The van der Waals surface area contributed by atoms with Crippen LogP contribution in [0, 0.1) is 0 Å². The van der Waals surface area contributed by atoms with Crippen molar-refractivity contribution in [2.24, 2.45) is 0 Å². The van der Waals surface area contributed by atoms with Gasteiger partial charge in [0.05, 0.1) is 19.8 Å². The first-order valence-electron chi connectivity index (χ1n) is 4.99. The van der Waals surface area contributed by atoms with E-state index in [4.69, 9.17) is 0 Å². The van der Waals surface area contributed by atoms with Gasteiger partial charge in [0.2, 0.25) is 31.2 Å². The van der Waals surface area contributed by atoms with Crippen molar-refractivity contribution >= 4 is 51.0 Å². The van der Waals surface area contributed by atoms with Crippen LogP contribution in [-0.4, -0.2) is 78.5 Å². The molecule has 0 rings (SSSR count). The summed E-state index contributed by atoms with van der Waals surface area (Å²) in [4.78, 5) is 0. The van der Waals surface area contributed by atoms with E-state index < -0.39 is 31.2 Å². The van der Waals surface area contributed by atoms with Crippen molar-refractivity contribution < 1.29 is 51.5 Å². The third-order valence-corrected chi connectivity index (χ3v) is 2.36. The van der Waals surface area contributed by atoms with Crippen LogP contribution < -0.4 is 0 Å². The van der Waals surface area contributed by atoms with Crippen molar-refractivity contribution in [2.45, 2.75) is 20.8 Å². The smallest absolute Gasteiger partial charge is 0.217 e. The Morgan fingerprint density at radius 3 is 0.727 bits per heavy atom. The molecule has 0 fully saturated rings. The van der Waals surface area contributed by atoms with Gasteiger partial charge in [-0.2, -0.15) is 0 Å². The molecule has 0 saturated heterocycles. The van der Waals surface area contributed by atoms with E-state index in [0.717, 1.165) is 0 Å². The van der Waals surface area contributed by atoms with Gasteiger partial charge in [-0.1, -0.05) is 0 Å². The van der Waals surface area contributed by atoms with E-state index >= 15 is 0 Å². The van der Waals surface area contributed by atoms with Crippen molar-refractivity contribution in [1.29, 1.82) is 0 Å². The molecular formula is C6H15GaO12S3-3. The van der Waals surface area contributed by atoms with Gasteiger partial charge in [-0.3, -0.25) is 12.5 Å².